The van der Waals surface area contributed by atoms with Gasteiger partial charge >= 0.3 is 0 Å². The SMILES string of the molecule is CCCN(CCC)c1cc(N/N=C/c2cccc(C)c2)nc(OCCN2CCN(CC)CC2)c1. The van der Waals surface area contributed by atoms with Crippen molar-refractivity contribution in [3.8, 4) is 5.88 Å². The number of rotatable bonds is 13. The summed E-state index contributed by atoms with van der Waals surface area (Å²) < 4.78 is 6.15. The highest BCUT2D eigenvalue weighted by Crippen LogP contribution is 2.25. The molecule has 2 aromatic rings. The summed E-state index contributed by atoms with van der Waals surface area (Å²) in [7, 11) is 0. The normalized spacial score (nSPS) is 15.1. The number of hydrazone groups is 1. The van der Waals surface area contributed by atoms with E-state index in [0.717, 1.165) is 76.5 Å². The van der Waals surface area contributed by atoms with E-state index < -0.39 is 0 Å². The fourth-order valence-corrected chi connectivity index (χ4v) is 4.25. The van der Waals surface area contributed by atoms with Crippen LogP contribution < -0.4 is 15.1 Å². The third kappa shape index (κ3) is 8.29. The van der Waals surface area contributed by atoms with Crippen LogP contribution in [-0.4, -0.2) is 80.0 Å². The van der Waals surface area contributed by atoms with Gasteiger partial charge in [0.05, 0.1) is 6.21 Å². The Balaban J connectivity index is 1.67. The Bertz CT molecular complexity index is 888. The van der Waals surface area contributed by atoms with E-state index in [1.165, 1.54) is 5.56 Å². The number of anilines is 2. The lowest BCUT2D eigenvalue weighted by Crippen LogP contribution is -2.47. The third-order valence-corrected chi connectivity index (χ3v) is 6.14. The molecule has 7 heteroatoms. The van der Waals surface area contributed by atoms with Crippen molar-refractivity contribution in [2.24, 2.45) is 5.10 Å². The van der Waals surface area contributed by atoms with Crippen LogP contribution in [0.25, 0.3) is 0 Å². The first-order valence-electron chi connectivity index (χ1n) is 12.8. The highest BCUT2D eigenvalue weighted by atomic mass is 16.5. The first-order valence-corrected chi connectivity index (χ1v) is 12.8. The van der Waals surface area contributed by atoms with E-state index >= 15 is 0 Å². The Labute approximate surface area is 205 Å². The lowest BCUT2D eigenvalue weighted by molar-refractivity contribution is 0.120. The molecule has 0 atom stereocenters. The first-order chi connectivity index (χ1) is 16.6. The maximum Gasteiger partial charge on any atom is 0.217 e. The van der Waals surface area contributed by atoms with E-state index in [-0.39, 0.29) is 0 Å². The minimum atomic E-state index is 0.635. The van der Waals surface area contributed by atoms with Gasteiger partial charge in [0.15, 0.2) is 5.82 Å². The van der Waals surface area contributed by atoms with E-state index in [4.69, 9.17) is 9.72 Å². The van der Waals surface area contributed by atoms with Gasteiger partial charge in [0.2, 0.25) is 5.88 Å². The van der Waals surface area contributed by atoms with Gasteiger partial charge in [-0.05, 0) is 31.9 Å². The van der Waals surface area contributed by atoms with E-state index in [2.05, 4.69) is 77.2 Å². The van der Waals surface area contributed by atoms with Crippen molar-refractivity contribution in [1.29, 1.82) is 0 Å². The molecule has 1 saturated heterocycles. The largest absolute Gasteiger partial charge is 0.476 e. The van der Waals surface area contributed by atoms with Crippen LogP contribution in [0.2, 0.25) is 0 Å². The van der Waals surface area contributed by atoms with Crippen LogP contribution >= 0.6 is 0 Å². The van der Waals surface area contributed by atoms with Gasteiger partial charge in [-0.2, -0.15) is 10.1 Å². The van der Waals surface area contributed by atoms with E-state index in [1.54, 1.807) is 0 Å². The van der Waals surface area contributed by atoms with Crippen molar-refractivity contribution in [3.05, 3.63) is 47.5 Å². The number of aromatic nitrogens is 1. The smallest absolute Gasteiger partial charge is 0.217 e. The number of nitrogens with zero attached hydrogens (tertiary/aromatic N) is 5. The number of likely N-dealkylation sites (N-methyl/N-ethyl adjacent to an activating group) is 1. The Morgan fingerprint density at radius 3 is 2.44 bits per heavy atom. The summed E-state index contributed by atoms with van der Waals surface area (Å²) in [5, 5.41) is 4.43. The van der Waals surface area contributed by atoms with Gasteiger partial charge < -0.3 is 14.5 Å². The molecule has 0 unspecified atom stereocenters. The first kappa shape index (κ1) is 26.0. The highest BCUT2D eigenvalue weighted by molar-refractivity contribution is 5.80. The summed E-state index contributed by atoms with van der Waals surface area (Å²) in [4.78, 5) is 12.1. The number of benzene rings is 1. The number of hydrogen-bond donors (Lipinski definition) is 1. The summed E-state index contributed by atoms with van der Waals surface area (Å²) >= 11 is 0. The van der Waals surface area contributed by atoms with Crippen LogP contribution in [0.1, 0.15) is 44.7 Å². The number of hydrogen-bond acceptors (Lipinski definition) is 7. The minimum Gasteiger partial charge on any atom is -0.476 e. The molecular formula is C27H42N6O. The van der Waals surface area contributed by atoms with Gasteiger partial charge in [-0.1, -0.05) is 50.6 Å². The van der Waals surface area contributed by atoms with Crippen molar-refractivity contribution in [2.75, 3.05) is 69.3 Å². The Kier molecular flexibility index (Phi) is 10.6. The van der Waals surface area contributed by atoms with Crippen LogP contribution in [0.4, 0.5) is 11.5 Å². The molecule has 0 amide bonds. The van der Waals surface area contributed by atoms with Crippen molar-refractivity contribution < 1.29 is 4.74 Å². The predicted molar refractivity (Wildman–Crippen MR) is 143 cm³/mol. The predicted octanol–water partition coefficient (Wildman–Crippen LogP) is 4.48. The maximum atomic E-state index is 6.15. The molecule has 3 rings (SSSR count). The van der Waals surface area contributed by atoms with Crippen LogP contribution in [0.15, 0.2) is 41.5 Å². The zero-order valence-corrected chi connectivity index (χ0v) is 21.5. The average molecular weight is 467 g/mol. The van der Waals surface area contributed by atoms with Crippen LogP contribution in [0, 0.1) is 6.92 Å². The average Bonchev–Trinajstić information content (AvgIpc) is 2.84. The van der Waals surface area contributed by atoms with E-state index in [1.807, 2.05) is 18.3 Å². The van der Waals surface area contributed by atoms with Crippen molar-refractivity contribution in [3.63, 3.8) is 0 Å². The van der Waals surface area contributed by atoms with Gasteiger partial charge in [0, 0.05) is 63.6 Å². The number of piperazine rings is 1. The van der Waals surface area contributed by atoms with Crippen LogP contribution in [-0.2, 0) is 0 Å². The molecule has 0 aliphatic carbocycles. The fraction of sp³-hybridized carbons (Fsp3) is 0.556. The van der Waals surface area contributed by atoms with Gasteiger partial charge in [-0.25, -0.2) is 0 Å². The Morgan fingerprint density at radius 2 is 1.76 bits per heavy atom. The van der Waals surface area contributed by atoms with Gasteiger partial charge in [0.1, 0.15) is 6.61 Å². The van der Waals surface area contributed by atoms with E-state index in [0.29, 0.717) is 18.3 Å². The number of aryl methyl sites for hydroxylation is 1. The maximum absolute atomic E-state index is 6.15. The summed E-state index contributed by atoms with van der Waals surface area (Å²) in [6.07, 6.45) is 4.01. The summed E-state index contributed by atoms with van der Waals surface area (Å²) in [5.74, 6) is 1.35. The zero-order valence-electron chi connectivity index (χ0n) is 21.5. The summed E-state index contributed by atoms with van der Waals surface area (Å²) in [6.45, 7) is 17.9. The second-order valence-corrected chi connectivity index (χ2v) is 8.94. The number of pyridine rings is 1. The Hall–Kier alpha value is -2.64. The standard InChI is InChI=1S/C27H42N6O/c1-5-11-33(12-6-2)25-20-26(30-28-22-24-10-8-9-23(4)19-24)29-27(21-25)34-18-17-32-15-13-31(7-3)14-16-32/h8-10,19-22H,5-7,11-18H2,1-4H3,(H,29,30)/b28-22+. The second-order valence-electron chi connectivity index (χ2n) is 8.94. The summed E-state index contributed by atoms with van der Waals surface area (Å²) in [6, 6.07) is 12.4. The molecule has 2 heterocycles. The van der Waals surface area contributed by atoms with E-state index in [9.17, 15) is 0 Å². The van der Waals surface area contributed by atoms with Crippen LogP contribution in [0.3, 0.4) is 0 Å². The molecule has 1 aliphatic heterocycles. The quantitative estimate of drug-likeness (QED) is 0.347. The molecule has 1 aliphatic rings. The lowest BCUT2D eigenvalue weighted by atomic mass is 10.2. The zero-order chi connectivity index (χ0) is 24.2. The second kappa shape index (κ2) is 13.9. The molecule has 1 aromatic heterocycles. The number of ether oxygens (including phenoxy) is 1. The minimum absolute atomic E-state index is 0.635. The van der Waals surface area contributed by atoms with Crippen molar-refractivity contribution in [2.45, 2.75) is 40.5 Å². The molecule has 0 spiro atoms. The summed E-state index contributed by atoms with van der Waals surface area (Å²) in [5.41, 5.74) is 6.51. The molecular weight excluding hydrogens is 424 g/mol. The molecule has 1 aromatic carbocycles. The van der Waals surface area contributed by atoms with Crippen molar-refractivity contribution in [1.82, 2.24) is 14.8 Å². The number of nitrogens with one attached hydrogen (secondary N) is 1. The van der Waals surface area contributed by atoms with Crippen LogP contribution in [0.5, 0.6) is 5.88 Å². The van der Waals surface area contributed by atoms with Gasteiger partial charge in [-0.15, -0.1) is 0 Å². The lowest BCUT2D eigenvalue weighted by Gasteiger charge is -2.33. The molecule has 0 saturated carbocycles. The molecule has 186 valence electrons. The molecule has 1 N–H and O–H groups in total. The van der Waals surface area contributed by atoms with Gasteiger partial charge in [-0.3, -0.25) is 10.3 Å². The van der Waals surface area contributed by atoms with Crippen molar-refractivity contribution >= 4 is 17.7 Å². The molecule has 0 radical (unpaired) electrons. The highest BCUT2D eigenvalue weighted by Gasteiger charge is 2.15. The molecule has 7 nitrogen and oxygen atoms in total. The molecule has 0 bridgehead atoms. The molecule has 34 heavy (non-hydrogen) atoms. The topological polar surface area (TPSA) is 56.2 Å². The monoisotopic (exact) mass is 466 g/mol. The Morgan fingerprint density at radius 1 is 1.03 bits per heavy atom. The third-order valence-electron chi connectivity index (χ3n) is 6.14. The molecule has 1 fully saturated rings. The van der Waals surface area contributed by atoms with Gasteiger partial charge in [0.25, 0.3) is 0 Å². The fourth-order valence-electron chi connectivity index (χ4n) is 4.25.